The van der Waals surface area contributed by atoms with Gasteiger partial charge >= 0.3 is 6.18 Å². The lowest BCUT2D eigenvalue weighted by atomic mass is 9.90. The Morgan fingerprint density at radius 2 is 1.91 bits per heavy atom. The van der Waals surface area contributed by atoms with Gasteiger partial charge in [0.25, 0.3) is 0 Å². The van der Waals surface area contributed by atoms with Crippen LogP contribution >= 0.6 is 0 Å². The molecule has 0 spiro atoms. The third kappa shape index (κ3) is 8.47. The minimum absolute atomic E-state index is 0.0750. The molecule has 1 amide bonds. The van der Waals surface area contributed by atoms with Gasteiger partial charge in [-0.2, -0.15) is 13.2 Å². The van der Waals surface area contributed by atoms with E-state index in [1.165, 1.54) is 12.1 Å². The van der Waals surface area contributed by atoms with Crippen molar-refractivity contribution in [2.75, 3.05) is 6.61 Å². The zero-order valence-electron chi connectivity index (χ0n) is 14.0. The van der Waals surface area contributed by atoms with Crippen LogP contribution in [0.4, 0.5) is 13.2 Å². The zero-order valence-corrected chi connectivity index (χ0v) is 14.0. The quantitative estimate of drug-likeness (QED) is 0.825. The van der Waals surface area contributed by atoms with E-state index in [9.17, 15) is 18.0 Å². The normalized spacial score (nSPS) is 13.5. The Hall–Kier alpha value is -1.72. The van der Waals surface area contributed by atoms with Gasteiger partial charge in [-0.15, -0.1) is 0 Å². The summed E-state index contributed by atoms with van der Waals surface area (Å²) in [5.74, 6) is 0.0599. The standard InChI is InChI=1S/C17H24F3NO2/c1-12(21-15(22)8-9-16(2,3)4)13-6-5-7-14(10-13)23-11-17(18,19)20/h5-7,10,12H,8-9,11H2,1-4H3,(H,21,22). The predicted molar refractivity (Wildman–Crippen MR) is 83.2 cm³/mol. The van der Waals surface area contributed by atoms with E-state index in [2.05, 4.69) is 26.1 Å². The lowest BCUT2D eigenvalue weighted by Gasteiger charge is -2.19. The van der Waals surface area contributed by atoms with E-state index in [4.69, 9.17) is 4.74 Å². The number of carbonyl (C=O) groups is 1. The highest BCUT2D eigenvalue weighted by molar-refractivity contribution is 5.76. The molecular weight excluding hydrogens is 307 g/mol. The first-order valence-corrected chi connectivity index (χ1v) is 7.55. The maximum Gasteiger partial charge on any atom is 0.422 e. The van der Waals surface area contributed by atoms with E-state index >= 15 is 0 Å². The molecule has 0 heterocycles. The lowest BCUT2D eigenvalue weighted by Crippen LogP contribution is -2.27. The predicted octanol–water partition coefficient (Wildman–Crippen LogP) is 4.63. The third-order valence-corrected chi connectivity index (χ3v) is 3.24. The van der Waals surface area contributed by atoms with Crippen molar-refractivity contribution in [3.63, 3.8) is 0 Å². The van der Waals surface area contributed by atoms with Crippen molar-refractivity contribution in [3.05, 3.63) is 29.8 Å². The van der Waals surface area contributed by atoms with E-state index in [-0.39, 0.29) is 23.1 Å². The van der Waals surface area contributed by atoms with Gasteiger partial charge in [-0.25, -0.2) is 0 Å². The minimum atomic E-state index is -4.37. The molecule has 1 rings (SSSR count). The number of rotatable bonds is 6. The molecule has 0 fully saturated rings. The van der Waals surface area contributed by atoms with Crippen LogP contribution < -0.4 is 10.1 Å². The summed E-state index contributed by atoms with van der Waals surface area (Å²) in [7, 11) is 0. The van der Waals surface area contributed by atoms with Crippen LogP contribution in [-0.4, -0.2) is 18.7 Å². The SMILES string of the molecule is CC(NC(=O)CCC(C)(C)C)c1cccc(OCC(F)(F)F)c1. The molecule has 1 N–H and O–H groups in total. The third-order valence-electron chi connectivity index (χ3n) is 3.24. The summed E-state index contributed by atoms with van der Waals surface area (Å²) in [6, 6.07) is 6.04. The molecule has 1 unspecified atom stereocenters. The average Bonchev–Trinajstić information content (AvgIpc) is 2.42. The molecule has 0 aromatic heterocycles. The van der Waals surface area contributed by atoms with Crippen molar-refractivity contribution < 1.29 is 22.7 Å². The molecule has 0 radical (unpaired) electrons. The zero-order chi connectivity index (χ0) is 17.7. The first kappa shape index (κ1) is 19.3. The highest BCUT2D eigenvalue weighted by Crippen LogP contribution is 2.23. The number of ether oxygens (including phenoxy) is 1. The van der Waals surface area contributed by atoms with Gasteiger partial charge in [-0.3, -0.25) is 4.79 Å². The number of nitrogens with one attached hydrogen (secondary N) is 1. The summed E-state index contributed by atoms with van der Waals surface area (Å²) in [4.78, 5) is 11.9. The Balaban J connectivity index is 2.59. The Kier molecular flexibility index (Phi) is 6.47. The van der Waals surface area contributed by atoms with Crippen LogP contribution in [0.15, 0.2) is 24.3 Å². The second-order valence-electron chi connectivity index (χ2n) is 6.83. The van der Waals surface area contributed by atoms with Crippen molar-refractivity contribution >= 4 is 5.91 Å². The van der Waals surface area contributed by atoms with Crippen LogP contribution in [-0.2, 0) is 4.79 Å². The molecule has 23 heavy (non-hydrogen) atoms. The molecule has 1 atom stereocenters. The molecule has 0 bridgehead atoms. The summed E-state index contributed by atoms with van der Waals surface area (Å²) in [6.07, 6.45) is -3.19. The van der Waals surface area contributed by atoms with E-state index in [1.807, 2.05) is 0 Å². The van der Waals surface area contributed by atoms with Gasteiger partial charge in [-0.1, -0.05) is 32.9 Å². The number of benzene rings is 1. The Morgan fingerprint density at radius 3 is 2.48 bits per heavy atom. The second-order valence-corrected chi connectivity index (χ2v) is 6.83. The first-order valence-electron chi connectivity index (χ1n) is 7.55. The smallest absolute Gasteiger partial charge is 0.422 e. The van der Waals surface area contributed by atoms with Crippen LogP contribution in [0.5, 0.6) is 5.75 Å². The molecular formula is C17H24F3NO2. The average molecular weight is 331 g/mol. The highest BCUT2D eigenvalue weighted by Gasteiger charge is 2.28. The largest absolute Gasteiger partial charge is 0.484 e. The van der Waals surface area contributed by atoms with Crippen molar-refractivity contribution in [2.45, 2.75) is 52.8 Å². The van der Waals surface area contributed by atoms with Crippen LogP contribution in [0.25, 0.3) is 0 Å². The fraction of sp³-hybridized carbons (Fsp3) is 0.588. The number of hydrogen-bond acceptors (Lipinski definition) is 2. The summed E-state index contributed by atoms with van der Waals surface area (Å²) in [6.45, 7) is 6.64. The number of carbonyl (C=O) groups excluding carboxylic acids is 1. The number of alkyl halides is 3. The van der Waals surface area contributed by atoms with E-state index in [0.29, 0.717) is 12.0 Å². The van der Waals surface area contributed by atoms with Crippen molar-refractivity contribution in [3.8, 4) is 5.75 Å². The lowest BCUT2D eigenvalue weighted by molar-refractivity contribution is -0.153. The Morgan fingerprint density at radius 1 is 1.26 bits per heavy atom. The Bertz CT molecular complexity index is 521. The summed E-state index contributed by atoms with van der Waals surface area (Å²) < 4.78 is 41.2. The van der Waals surface area contributed by atoms with Gasteiger partial charge < -0.3 is 10.1 Å². The second kappa shape index (κ2) is 7.70. The molecule has 0 aliphatic heterocycles. The van der Waals surface area contributed by atoms with Crippen LogP contribution in [0.2, 0.25) is 0 Å². The first-order chi connectivity index (χ1) is 10.5. The summed E-state index contributed by atoms with van der Waals surface area (Å²) in [5, 5.41) is 2.85. The van der Waals surface area contributed by atoms with Crippen molar-refractivity contribution in [1.82, 2.24) is 5.32 Å². The number of amides is 1. The summed E-state index contributed by atoms with van der Waals surface area (Å²) >= 11 is 0. The van der Waals surface area contributed by atoms with Crippen LogP contribution in [0.1, 0.15) is 52.1 Å². The molecule has 130 valence electrons. The maximum absolute atomic E-state index is 12.2. The molecule has 1 aromatic rings. The van der Waals surface area contributed by atoms with Gasteiger partial charge in [0.15, 0.2) is 6.61 Å². The molecule has 0 saturated heterocycles. The number of hydrogen-bond donors (Lipinski definition) is 1. The highest BCUT2D eigenvalue weighted by atomic mass is 19.4. The number of halogens is 3. The molecule has 0 saturated carbocycles. The molecule has 3 nitrogen and oxygen atoms in total. The monoisotopic (exact) mass is 331 g/mol. The van der Waals surface area contributed by atoms with Gasteiger partial charge in [-0.05, 0) is 36.5 Å². The van der Waals surface area contributed by atoms with E-state index < -0.39 is 12.8 Å². The fourth-order valence-corrected chi connectivity index (χ4v) is 1.92. The fourth-order valence-electron chi connectivity index (χ4n) is 1.92. The van der Waals surface area contributed by atoms with Crippen LogP contribution in [0.3, 0.4) is 0 Å². The van der Waals surface area contributed by atoms with Gasteiger partial charge in [0, 0.05) is 6.42 Å². The van der Waals surface area contributed by atoms with Crippen LogP contribution in [0, 0.1) is 5.41 Å². The van der Waals surface area contributed by atoms with Gasteiger partial charge in [0.1, 0.15) is 5.75 Å². The molecule has 0 aliphatic carbocycles. The van der Waals surface area contributed by atoms with E-state index in [1.54, 1.807) is 19.1 Å². The van der Waals surface area contributed by atoms with Gasteiger partial charge in [0.05, 0.1) is 6.04 Å². The maximum atomic E-state index is 12.2. The van der Waals surface area contributed by atoms with Crippen molar-refractivity contribution in [2.24, 2.45) is 5.41 Å². The van der Waals surface area contributed by atoms with Gasteiger partial charge in [0.2, 0.25) is 5.91 Å². The minimum Gasteiger partial charge on any atom is -0.484 e. The molecule has 0 aliphatic rings. The van der Waals surface area contributed by atoms with E-state index in [0.717, 1.165) is 6.42 Å². The molecule has 6 heteroatoms. The Labute approximate surface area is 135 Å². The molecule has 1 aromatic carbocycles. The topological polar surface area (TPSA) is 38.3 Å². The van der Waals surface area contributed by atoms with Crippen molar-refractivity contribution in [1.29, 1.82) is 0 Å². The summed E-state index contributed by atoms with van der Waals surface area (Å²) in [5.41, 5.74) is 0.778.